The number of fused-ring (bicyclic) bond motifs is 1. The number of thiazole rings is 1. The molecule has 0 spiro atoms. The molecule has 10 heteroatoms. The van der Waals surface area contributed by atoms with E-state index in [4.69, 9.17) is 0 Å². The number of sulfonamides is 1. The van der Waals surface area contributed by atoms with E-state index in [1.165, 1.54) is 34.0 Å². The maximum absolute atomic E-state index is 13.8. The Morgan fingerprint density at radius 2 is 2.00 bits per heavy atom. The Bertz CT molecular complexity index is 1220. The van der Waals surface area contributed by atoms with Crippen LogP contribution in [-0.4, -0.2) is 41.7 Å². The Kier molecular flexibility index (Phi) is 5.56. The number of hydrogen-bond donors (Lipinski definition) is 1. The molecule has 30 heavy (non-hydrogen) atoms. The van der Waals surface area contributed by atoms with Crippen molar-refractivity contribution >= 4 is 42.6 Å². The SMILES string of the molecule is Cc1cc(C)c2sc(NC(=O)C3CCN(S(=O)(=O)c4cccnc4F)CC3)nc2c1. The Balaban J connectivity index is 1.42. The number of halogens is 1. The predicted octanol–water partition coefficient (Wildman–Crippen LogP) is 3.49. The number of pyridine rings is 1. The molecule has 0 unspecified atom stereocenters. The second-order valence-electron chi connectivity index (χ2n) is 7.41. The summed E-state index contributed by atoms with van der Waals surface area (Å²) in [5, 5.41) is 3.41. The third-order valence-electron chi connectivity index (χ3n) is 5.22. The molecule has 0 radical (unpaired) electrons. The van der Waals surface area contributed by atoms with Crippen molar-refractivity contribution < 1.29 is 17.6 Å². The summed E-state index contributed by atoms with van der Waals surface area (Å²) < 4.78 is 41.4. The standard InChI is InChI=1S/C20H21FN4O3S2/c1-12-10-13(2)17-15(11-12)23-20(29-17)24-19(26)14-5-8-25(9-6-14)30(27,28)16-4-3-7-22-18(16)21/h3-4,7,10-11,14H,5-6,8-9H2,1-2H3,(H,23,24,26). The Morgan fingerprint density at radius 1 is 1.27 bits per heavy atom. The highest BCUT2D eigenvalue weighted by Crippen LogP contribution is 2.31. The fourth-order valence-electron chi connectivity index (χ4n) is 3.70. The first kappa shape index (κ1) is 20.8. The molecule has 0 saturated carbocycles. The highest BCUT2D eigenvalue weighted by Gasteiger charge is 2.34. The van der Waals surface area contributed by atoms with Crippen molar-refractivity contribution in [2.45, 2.75) is 31.6 Å². The van der Waals surface area contributed by atoms with E-state index in [1.807, 2.05) is 19.9 Å². The van der Waals surface area contributed by atoms with Crippen LogP contribution in [0.2, 0.25) is 0 Å². The lowest BCUT2D eigenvalue weighted by atomic mass is 9.97. The molecule has 0 atom stereocenters. The summed E-state index contributed by atoms with van der Waals surface area (Å²) in [4.78, 5) is 20.2. The molecule has 1 saturated heterocycles. The van der Waals surface area contributed by atoms with Gasteiger partial charge in [-0.1, -0.05) is 17.4 Å². The molecule has 1 aliphatic heterocycles. The van der Waals surface area contributed by atoms with Crippen molar-refractivity contribution in [1.29, 1.82) is 0 Å². The molecule has 0 aliphatic carbocycles. The zero-order chi connectivity index (χ0) is 21.5. The van der Waals surface area contributed by atoms with Gasteiger partial charge in [-0.15, -0.1) is 0 Å². The molecule has 1 aliphatic rings. The van der Waals surface area contributed by atoms with Crippen LogP contribution in [-0.2, 0) is 14.8 Å². The van der Waals surface area contributed by atoms with Crippen LogP contribution in [0.1, 0.15) is 24.0 Å². The summed E-state index contributed by atoms with van der Waals surface area (Å²) in [7, 11) is -3.97. The van der Waals surface area contributed by atoms with Gasteiger partial charge in [-0.25, -0.2) is 18.4 Å². The Hall–Kier alpha value is -2.43. The summed E-state index contributed by atoms with van der Waals surface area (Å²) in [6, 6.07) is 6.65. The van der Waals surface area contributed by atoms with Gasteiger partial charge in [0.15, 0.2) is 5.13 Å². The Labute approximate surface area is 178 Å². The number of hydrogen-bond acceptors (Lipinski definition) is 6. The molecule has 1 amide bonds. The van der Waals surface area contributed by atoms with E-state index < -0.39 is 20.9 Å². The van der Waals surface area contributed by atoms with E-state index in [0.29, 0.717) is 18.0 Å². The highest BCUT2D eigenvalue weighted by atomic mass is 32.2. The van der Waals surface area contributed by atoms with Crippen molar-refractivity contribution in [2.75, 3.05) is 18.4 Å². The van der Waals surface area contributed by atoms with Gasteiger partial charge in [0.25, 0.3) is 0 Å². The molecule has 2 aromatic heterocycles. The first-order chi connectivity index (χ1) is 14.3. The second kappa shape index (κ2) is 8.01. The smallest absolute Gasteiger partial charge is 0.247 e. The van der Waals surface area contributed by atoms with Crippen molar-refractivity contribution in [2.24, 2.45) is 5.92 Å². The predicted molar refractivity (Wildman–Crippen MR) is 113 cm³/mol. The number of carbonyl (C=O) groups is 1. The minimum absolute atomic E-state index is 0.146. The van der Waals surface area contributed by atoms with Gasteiger partial charge in [0.2, 0.25) is 21.9 Å². The van der Waals surface area contributed by atoms with Gasteiger partial charge in [-0.2, -0.15) is 8.70 Å². The van der Waals surface area contributed by atoms with E-state index in [1.54, 1.807) is 0 Å². The quantitative estimate of drug-likeness (QED) is 0.617. The molecule has 158 valence electrons. The summed E-state index contributed by atoms with van der Waals surface area (Å²) in [6.07, 6.45) is 1.92. The summed E-state index contributed by atoms with van der Waals surface area (Å²) >= 11 is 1.43. The normalized spacial score (nSPS) is 16.1. The van der Waals surface area contributed by atoms with Crippen molar-refractivity contribution in [3.05, 3.63) is 47.5 Å². The fraction of sp³-hybridized carbons (Fsp3) is 0.350. The zero-order valence-corrected chi connectivity index (χ0v) is 18.2. The van der Waals surface area contributed by atoms with E-state index in [2.05, 4.69) is 21.4 Å². The molecular formula is C20H21FN4O3S2. The average Bonchev–Trinajstić information content (AvgIpc) is 3.11. The number of anilines is 1. The maximum Gasteiger partial charge on any atom is 0.247 e. The number of aryl methyl sites for hydroxylation is 2. The van der Waals surface area contributed by atoms with Crippen LogP contribution in [0.4, 0.5) is 9.52 Å². The molecule has 3 aromatic rings. The second-order valence-corrected chi connectivity index (χ2v) is 10.3. The Morgan fingerprint density at radius 3 is 2.70 bits per heavy atom. The molecular weight excluding hydrogens is 427 g/mol. The largest absolute Gasteiger partial charge is 0.302 e. The van der Waals surface area contributed by atoms with Gasteiger partial charge in [0.05, 0.1) is 10.2 Å². The van der Waals surface area contributed by atoms with Gasteiger partial charge in [0, 0.05) is 25.2 Å². The number of rotatable bonds is 4. The maximum atomic E-state index is 13.8. The van der Waals surface area contributed by atoms with Crippen LogP contribution in [0.3, 0.4) is 0 Å². The summed E-state index contributed by atoms with van der Waals surface area (Å²) in [6.45, 7) is 4.31. The van der Waals surface area contributed by atoms with Crippen LogP contribution in [0.5, 0.6) is 0 Å². The van der Waals surface area contributed by atoms with Gasteiger partial charge < -0.3 is 5.32 Å². The van der Waals surface area contributed by atoms with Crippen LogP contribution >= 0.6 is 11.3 Å². The van der Waals surface area contributed by atoms with Crippen LogP contribution in [0, 0.1) is 25.7 Å². The first-order valence-corrected chi connectivity index (χ1v) is 11.8. The minimum atomic E-state index is -3.97. The molecule has 3 heterocycles. The van der Waals surface area contributed by atoms with E-state index >= 15 is 0 Å². The van der Waals surface area contributed by atoms with E-state index in [9.17, 15) is 17.6 Å². The van der Waals surface area contributed by atoms with Crippen LogP contribution < -0.4 is 5.32 Å². The molecule has 0 bridgehead atoms. The summed E-state index contributed by atoms with van der Waals surface area (Å²) in [5.41, 5.74) is 3.08. The number of aromatic nitrogens is 2. The van der Waals surface area contributed by atoms with Gasteiger partial charge in [-0.05, 0) is 56.0 Å². The van der Waals surface area contributed by atoms with Crippen molar-refractivity contribution in [1.82, 2.24) is 14.3 Å². The third kappa shape index (κ3) is 3.94. The summed E-state index contributed by atoms with van der Waals surface area (Å²) in [5.74, 6) is -1.52. The van der Waals surface area contributed by atoms with Crippen molar-refractivity contribution in [3.8, 4) is 0 Å². The van der Waals surface area contributed by atoms with Crippen LogP contribution in [0.15, 0.2) is 35.4 Å². The topological polar surface area (TPSA) is 92.3 Å². The van der Waals surface area contributed by atoms with E-state index in [-0.39, 0.29) is 24.9 Å². The molecule has 1 N–H and O–H groups in total. The molecule has 1 aromatic carbocycles. The van der Waals surface area contributed by atoms with Crippen molar-refractivity contribution in [3.63, 3.8) is 0 Å². The molecule has 4 rings (SSSR count). The average molecular weight is 449 g/mol. The highest BCUT2D eigenvalue weighted by molar-refractivity contribution is 7.89. The van der Waals surface area contributed by atoms with E-state index in [0.717, 1.165) is 21.3 Å². The van der Waals surface area contributed by atoms with Gasteiger partial charge in [-0.3, -0.25) is 4.79 Å². The van der Waals surface area contributed by atoms with Crippen LogP contribution in [0.25, 0.3) is 10.2 Å². The fourth-order valence-corrected chi connectivity index (χ4v) is 6.10. The zero-order valence-electron chi connectivity index (χ0n) is 16.6. The van der Waals surface area contributed by atoms with Gasteiger partial charge >= 0.3 is 0 Å². The monoisotopic (exact) mass is 448 g/mol. The lowest BCUT2D eigenvalue weighted by Gasteiger charge is -2.30. The number of nitrogens with zero attached hydrogens (tertiary/aromatic N) is 3. The number of carbonyl (C=O) groups excluding carboxylic acids is 1. The minimum Gasteiger partial charge on any atom is -0.302 e. The number of benzene rings is 1. The molecule has 1 fully saturated rings. The number of piperidine rings is 1. The molecule has 7 nitrogen and oxygen atoms in total. The first-order valence-electron chi connectivity index (χ1n) is 9.55. The third-order valence-corrected chi connectivity index (χ3v) is 8.24. The lowest BCUT2D eigenvalue weighted by molar-refractivity contribution is -0.120. The lowest BCUT2D eigenvalue weighted by Crippen LogP contribution is -2.41. The van der Waals surface area contributed by atoms with Gasteiger partial charge in [0.1, 0.15) is 4.90 Å². The number of amides is 1. The number of nitrogens with one attached hydrogen (secondary N) is 1.